The Bertz CT molecular complexity index is 1370. The second-order valence-electron chi connectivity index (χ2n) is 7.54. The zero-order chi connectivity index (χ0) is 22.2. The largest absolute Gasteiger partial charge is 0.294 e. The van der Waals surface area contributed by atoms with Crippen LogP contribution in [0, 0.1) is 10.1 Å². The van der Waals surface area contributed by atoms with E-state index in [1.807, 2.05) is 30.3 Å². The van der Waals surface area contributed by atoms with Gasteiger partial charge in [-0.3, -0.25) is 14.9 Å². The van der Waals surface area contributed by atoms with Crippen LogP contribution in [0.1, 0.15) is 39.5 Å². The van der Waals surface area contributed by atoms with Gasteiger partial charge in [0, 0.05) is 35.5 Å². The minimum Gasteiger partial charge on any atom is -0.294 e. The number of non-ortho nitro benzene ring substituents is 1. The fraction of sp³-hybridized carbons (Fsp3) is 0.182. The van der Waals surface area contributed by atoms with Gasteiger partial charge in [-0.2, -0.15) is 4.98 Å². The van der Waals surface area contributed by atoms with Crippen molar-refractivity contribution in [2.24, 2.45) is 0 Å². The first-order valence-corrected chi connectivity index (χ1v) is 11.2. The maximum absolute atomic E-state index is 12.8. The smallest absolute Gasteiger partial charge is 0.269 e. The highest BCUT2D eigenvalue weighted by Gasteiger charge is 2.28. The van der Waals surface area contributed by atoms with E-state index in [0.29, 0.717) is 45.8 Å². The Hall–Kier alpha value is -3.30. The number of halogens is 1. The Balaban J connectivity index is 1.38. The van der Waals surface area contributed by atoms with E-state index < -0.39 is 4.92 Å². The average molecular weight is 466 g/mol. The molecule has 0 saturated heterocycles. The number of benzene rings is 2. The minimum absolute atomic E-state index is 0.0203. The first-order chi connectivity index (χ1) is 15.5. The summed E-state index contributed by atoms with van der Waals surface area (Å²) in [7, 11) is 0. The molecule has 1 aliphatic carbocycles. The molecule has 8 nitrogen and oxygen atoms in total. The average Bonchev–Trinajstić information content (AvgIpc) is 3.18. The Morgan fingerprint density at radius 1 is 1.16 bits per heavy atom. The maximum atomic E-state index is 12.8. The van der Waals surface area contributed by atoms with Crippen molar-refractivity contribution in [2.75, 3.05) is 0 Å². The number of ketones is 1. The van der Waals surface area contributed by atoms with E-state index in [0.717, 1.165) is 11.1 Å². The number of fused-ring (bicyclic) bond motifs is 2. The van der Waals surface area contributed by atoms with Crippen LogP contribution in [0.4, 0.5) is 5.69 Å². The molecular formula is C22H16ClN5O3S. The quantitative estimate of drug-likeness (QED) is 0.235. The van der Waals surface area contributed by atoms with Crippen molar-refractivity contribution >= 4 is 40.6 Å². The predicted octanol–water partition coefficient (Wildman–Crippen LogP) is 4.89. The molecule has 2 aromatic carbocycles. The molecule has 0 spiro atoms. The van der Waals surface area contributed by atoms with Crippen LogP contribution in [0.25, 0.3) is 5.78 Å². The van der Waals surface area contributed by atoms with Crippen molar-refractivity contribution in [1.29, 1.82) is 0 Å². The number of nitrogens with zero attached hydrogens (tertiary/aromatic N) is 5. The molecule has 160 valence electrons. The van der Waals surface area contributed by atoms with Gasteiger partial charge in [0.1, 0.15) is 0 Å². The van der Waals surface area contributed by atoms with Crippen LogP contribution >= 0.6 is 23.4 Å². The number of hydrogen-bond donors (Lipinski definition) is 0. The number of carbonyl (C=O) groups is 1. The Morgan fingerprint density at radius 3 is 2.81 bits per heavy atom. The first kappa shape index (κ1) is 20.6. The van der Waals surface area contributed by atoms with E-state index in [2.05, 4.69) is 15.1 Å². The number of rotatable bonds is 5. The van der Waals surface area contributed by atoms with Crippen LogP contribution in [0.15, 0.2) is 59.9 Å². The molecule has 2 aromatic heterocycles. The second kappa shape index (κ2) is 8.33. The summed E-state index contributed by atoms with van der Waals surface area (Å²) in [6, 6.07) is 14.0. The molecule has 5 rings (SSSR count). The summed E-state index contributed by atoms with van der Waals surface area (Å²) in [5, 5.41) is 16.5. The molecule has 1 aliphatic rings. The number of aromatic nitrogens is 4. The highest BCUT2D eigenvalue weighted by atomic mass is 35.5. The highest BCUT2D eigenvalue weighted by Crippen LogP contribution is 2.33. The molecule has 0 fully saturated rings. The Kier molecular flexibility index (Phi) is 5.36. The van der Waals surface area contributed by atoms with Crippen LogP contribution in [-0.4, -0.2) is 30.3 Å². The number of Topliss-reactive ketones (excluding diaryl/α,β-unsaturated/α-hetero) is 1. The molecule has 10 heteroatoms. The molecule has 0 saturated carbocycles. The first-order valence-electron chi connectivity index (χ1n) is 9.87. The van der Waals surface area contributed by atoms with E-state index in [-0.39, 0.29) is 17.4 Å². The van der Waals surface area contributed by atoms with Gasteiger partial charge in [0.2, 0.25) is 5.16 Å². The van der Waals surface area contributed by atoms with Gasteiger partial charge >= 0.3 is 0 Å². The topological polar surface area (TPSA) is 103 Å². The summed E-state index contributed by atoms with van der Waals surface area (Å²) >= 11 is 7.48. The van der Waals surface area contributed by atoms with Gasteiger partial charge in [-0.15, -0.1) is 5.10 Å². The van der Waals surface area contributed by atoms with Gasteiger partial charge in [0.15, 0.2) is 5.78 Å². The summed E-state index contributed by atoms with van der Waals surface area (Å²) in [5.41, 5.74) is 3.15. The zero-order valence-corrected chi connectivity index (χ0v) is 18.2. The number of nitro groups is 1. The molecule has 0 bridgehead atoms. The molecule has 2 heterocycles. The van der Waals surface area contributed by atoms with Gasteiger partial charge in [-0.1, -0.05) is 47.6 Å². The molecule has 1 atom stereocenters. The highest BCUT2D eigenvalue weighted by molar-refractivity contribution is 7.98. The predicted molar refractivity (Wildman–Crippen MR) is 120 cm³/mol. The van der Waals surface area contributed by atoms with Gasteiger partial charge in [-0.05, 0) is 35.6 Å². The molecule has 0 unspecified atom stereocenters. The summed E-state index contributed by atoms with van der Waals surface area (Å²) in [5.74, 6) is 0.944. The lowest BCUT2D eigenvalue weighted by molar-refractivity contribution is -0.384. The lowest BCUT2D eigenvalue weighted by atomic mass is 9.82. The summed E-state index contributed by atoms with van der Waals surface area (Å²) < 4.78 is 1.52. The molecular weight excluding hydrogens is 450 g/mol. The molecule has 0 radical (unpaired) electrons. The van der Waals surface area contributed by atoms with Gasteiger partial charge in [-0.25, -0.2) is 9.50 Å². The Labute approximate surface area is 191 Å². The number of carbonyl (C=O) groups excluding carboxylic acids is 1. The van der Waals surface area contributed by atoms with Gasteiger partial charge < -0.3 is 0 Å². The third-order valence-corrected chi connectivity index (χ3v) is 6.52. The van der Waals surface area contributed by atoms with Crippen molar-refractivity contribution in [3.05, 3.63) is 92.2 Å². The zero-order valence-electron chi connectivity index (χ0n) is 16.6. The van der Waals surface area contributed by atoms with Crippen LogP contribution in [0.5, 0.6) is 0 Å². The van der Waals surface area contributed by atoms with Gasteiger partial charge in [0.25, 0.3) is 11.5 Å². The molecule has 0 amide bonds. The van der Waals surface area contributed by atoms with Crippen molar-refractivity contribution in [3.63, 3.8) is 0 Å². The fourth-order valence-electron chi connectivity index (χ4n) is 3.83. The number of nitro benzene ring substituents is 1. The standard InChI is InChI=1S/C22H16ClN5O3S/c23-16-5-2-4-14(8-16)15-9-19-18(20(29)10-15)11-27-21(24-19)25-22(26-27)32-12-13-3-1-6-17(7-13)28(30)31/h1-8,11,15H,9-10,12H2/t15-/m1/s1. The fourth-order valence-corrected chi connectivity index (χ4v) is 4.80. The van der Waals surface area contributed by atoms with Crippen molar-refractivity contribution in [3.8, 4) is 0 Å². The monoisotopic (exact) mass is 465 g/mol. The van der Waals surface area contributed by atoms with Gasteiger partial charge in [0.05, 0.1) is 16.2 Å². The van der Waals surface area contributed by atoms with Crippen molar-refractivity contribution in [2.45, 2.75) is 29.7 Å². The molecule has 32 heavy (non-hydrogen) atoms. The molecule has 0 aliphatic heterocycles. The summed E-state index contributed by atoms with van der Waals surface area (Å²) in [6.45, 7) is 0. The van der Waals surface area contributed by atoms with Crippen molar-refractivity contribution < 1.29 is 9.72 Å². The lowest BCUT2D eigenvalue weighted by Gasteiger charge is -2.23. The van der Waals surface area contributed by atoms with E-state index in [4.69, 9.17) is 11.6 Å². The second-order valence-corrected chi connectivity index (χ2v) is 8.92. The third-order valence-electron chi connectivity index (χ3n) is 5.37. The Morgan fingerprint density at radius 2 is 2.00 bits per heavy atom. The third kappa shape index (κ3) is 4.09. The molecule has 0 N–H and O–H groups in total. The van der Waals surface area contributed by atoms with E-state index in [1.54, 1.807) is 12.3 Å². The van der Waals surface area contributed by atoms with Crippen molar-refractivity contribution in [1.82, 2.24) is 19.6 Å². The van der Waals surface area contributed by atoms with Crippen LogP contribution < -0.4 is 0 Å². The summed E-state index contributed by atoms with van der Waals surface area (Å²) in [6.07, 6.45) is 2.71. The van der Waals surface area contributed by atoms with E-state index >= 15 is 0 Å². The number of thioether (sulfide) groups is 1. The molecule has 4 aromatic rings. The van der Waals surface area contributed by atoms with Crippen LogP contribution in [0.2, 0.25) is 5.02 Å². The van der Waals surface area contributed by atoms with Crippen LogP contribution in [-0.2, 0) is 12.2 Å². The maximum Gasteiger partial charge on any atom is 0.269 e. The van der Waals surface area contributed by atoms with E-state index in [1.165, 1.54) is 28.4 Å². The minimum atomic E-state index is -0.417. The van der Waals surface area contributed by atoms with Crippen LogP contribution in [0.3, 0.4) is 0 Å². The number of hydrogen-bond acceptors (Lipinski definition) is 7. The SMILES string of the molecule is O=C1C[C@H](c2cccc(Cl)c2)Cc2nc3nc(SCc4cccc([N+](=O)[O-])c4)nn3cc21. The summed E-state index contributed by atoms with van der Waals surface area (Å²) in [4.78, 5) is 32.4. The normalized spacial score (nSPS) is 15.7. The lowest BCUT2D eigenvalue weighted by Crippen LogP contribution is -2.21. The van der Waals surface area contributed by atoms with E-state index in [9.17, 15) is 14.9 Å².